The molecule has 25 heavy (non-hydrogen) atoms. The van der Waals surface area contributed by atoms with Gasteiger partial charge in [0.15, 0.2) is 15.8 Å². The lowest BCUT2D eigenvalue weighted by atomic mass is 10.1. The number of nitrogens with zero attached hydrogens (tertiary/aromatic N) is 1. The first-order valence-electron chi connectivity index (χ1n) is 8.98. The number of carbonyl (C=O) groups excluding carboxylic acids is 1. The lowest BCUT2D eigenvalue weighted by Gasteiger charge is -2.21. The predicted octanol–water partition coefficient (Wildman–Crippen LogP) is 0.521. The Labute approximate surface area is 155 Å². The molecule has 0 aromatic carbocycles. The molecule has 2 unspecified atom stereocenters. The molecule has 2 heterocycles. The standard InChI is InChI=1S/C16H30N4O3S2/c1-3-17-15(19-12-16(2)7-4-9-24-16)18-8-5-14(21)20-13-6-10-25(22,23)11-13/h13H,3-12H2,1-2H3,(H,20,21)(H2,17,18,19). The number of thioether (sulfide) groups is 1. The Morgan fingerprint density at radius 2 is 2.16 bits per heavy atom. The molecule has 2 atom stereocenters. The maximum Gasteiger partial charge on any atom is 0.222 e. The van der Waals surface area contributed by atoms with Crippen molar-refractivity contribution in [2.45, 2.75) is 50.3 Å². The third-order valence-electron chi connectivity index (χ3n) is 4.46. The maximum absolute atomic E-state index is 12.0. The van der Waals surface area contributed by atoms with E-state index in [1.165, 1.54) is 18.6 Å². The average molecular weight is 391 g/mol. The molecule has 2 rings (SSSR count). The molecule has 2 saturated heterocycles. The molecule has 0 aromatic heterocycles. The second-order valence-electron chi connectivity index (χ2n) is 6.94. The molecule has 144 valence electrons. The summed E-state index contributed by atoms with van der Waals surface area (Å²) in [5.41, 5.74) is 0. The van der Waals surface area contributed by atoms with Crippen LogP contribution in [0.15, 0.2) is 4.99 Å². The van der Waals surface area contributed by atoms with E-state index >= 15 is 0 Å². The highest BCUT2D eigenvalue weighted by atomic mass is 32.2. The molecular weight excluding hydrogens is 360 g/mol. The minimum atomic E-state index is -2.97. The number of hydrogen-bond donors (Lipinski definition) is 3. The third-order valence-corrected chi connectivity index (χ3v) is 7.75. The van der Waals surface area contributed by atoms with E-state index in [1.54, 1.807) is 0 Å². The zero-order valence-corrected chi connectivity index (χ0v) is 16.8. The van der Waals surface area contributed by atoms with E-state index in [1.807, 2.05) is 18.7 Å². The van der Waals surface area contributed by atoms with Gasteiger partial charge in [-0.2, -0.15) is 11.8 Å². The van der Waals surface area contributed by atoms with Crippen LogP contribution in [0.5, 0.6) is 0 Å². The van der Waals surface area contributed by atoms with Gasteiger partial charge in [-0.3, -0.25) is 9.79 Å². The minimum Gasteiger partial charge on any atom is -0.357 e. The topological polar surface area (TPSA) is 99.7 Å². The van der Waals surface area contributed by atoms with Crippen molar-refractivity contribution >= 4 is 33.5 Å². The Bertz CT molecular complexity index is 586. The third kappa shape index (κ3) is 7.05. The first-order chi connectivity index (χ1) is 11.8. The lowest BCUT2D eigenvalue weighted by molar-refractivity contribution is -0.121. The fourth-order valence-corrected chi connectivity index (χ4v) is 5.95. The van der Waals surface area contributed by atoms with Gasteiger partial charge in [0.1, 0.15) is 0 Å². The summed E-state index contributed by atoms with van der Waals surface area (Å²) in [7, 11) is -2.97. The van der Waals surface area contributed by atoms with Gasteiger partial charge in [0.2, 0.25) is 5.91 Å². The van der Waals surface area contributed by atoms with Crippen molar-refractivity contribution in [2.24, 2.45) is 4.99 Å². The average Bonchev–Trinajstić information content (AvgIpc) is 3.11. The van der Waals surface area contributed by atoms with Crippen molar-refractivity contribution in [1.82, 2.24) is 16.0 Å². The number of sulfone groups is 1. The molecule has 0 radical (unpaired) electrons. The predicted molar refractivity (Wildman–Crippen MR) is 104 cm³/mol. The number of hydrogen-bond acceptors (Lipinski definition) is 5. The first kappa shape index (κ1) is 20.4. The summed E-state index contributed by atoms with van der Waals surface area (Å²) >= 11 is 1.98. The summed E-state index contributed by atoms with van der Waals surface area (Å²) in [6.45, 7) is 6.26. The van der Waals surface area contributed by atoms with Crippen molar-refractivity contribution in [1.29, 1.82) is 0 Å². The van der Waals surface area contributed by atoms with E-state index in [4.69, 9.17) is 0 Å². The number of rotatable bonds is 7. The van der Waals surface area contributed by atoms with Crippen molar-refractivity contribution in [2.75, 3.05) is 36.9 Å². The number of carbonyl (C=O) groups is 1. The van der Waals surface area contributed by atoms with Crippen LogP contribution in [0.3, 0.4) is 0 Å². The molecule has 0 spiro atoms. The Hall–Kier alpha value is -0.960. The molecule has 1 amide bonds. The fourth-order valence-electron chi connectivity index (χ4n) is 3.05. The van der Waals surface area contributed by atoms with Gasteiger partial charge in [-0.25, -0.2) is 8.42 Å². The lowest BCUT2D eigenvalue weighted by Crippen LogP contribution is -2.41. The van der Waals surface area contributed by atoms with Crippen molar-refractivity contribution < 1.29 is 13.2 Å². The fraction of sp³-hybridized carbons (Fsp3) is 0.875. The van der Waals surface area contributed by atoms with Crippen LogP contribution in [-0.4, -0.2) is 68.0 Å². The van der Waals surface area contributed by atoms with Crippen LogP contribution in [0.25, 0.3) is 0 Å². The summed E-state index contributed by atoms with van der Waals surface area (Å²) in [4.78, 5) is 16.6. The Morgan fingerprint density at radius 1 is 1.36 bits per heavy atom. The summed E-state index contributed by atoms with van der Waals surface area (Å²) in [6.07, 6.45) is 3.25. The minimum absolute atomic E-state index is 0.0620. The van der Waals surface area contributed by atoms with Gasteiger partial charge in [-0.15, -0.1) is 0 Å². The summed E-state index contributed by atoms with van der Waals surface area (Å²) in [5, 5.41) is 9.19. The van der Waals surface area contributed by atoms with Crippen LogP contribution in [0, 0.1) is 0 Å². The van der Waals surface area contributed by atoms with Gasteiger partial charge in [-0.05, 0) is 38.9 Å². The molecule has 2 fully saturated rings. The van der Waals surface area contributed by atoms with Crippen molar-refractivity contribution in [3.05, 3.63) is 0 Å². The highest BCUT2D eigenvalue weighted by Gasteiger charge is 2.29. The number of aliphatic imine (C=N–C) groups is 1. The zero-order chi connectivity index (χ0) is 18.3. The van der Waals surface area contributed by atoms with Crippen molar-refractivity contribution in [3.8, 4) is 0 Å². The second kappa shape index (κ2) is 9.12. The van der Waals surface area contributed by atoms with Gasteiger partial charge in [-0.1, -0.05) is 0 Å². The molecule has 0 saturated carbocycles. The van der Waals surface area contributed by atoms with Gasteiger partial charge in [0.25, 0.3) is 0 Å². The van der Waals surface area contributed by atoms with Crippen molar-refractivity contribution in [3.63, 3.8) is 0 Å². The molecular formula is C16H30N4O3S2. The van der Waals surface area contributed by atoms with E-state index in [2.05, 4.69) is 27.9 Å². The van der Waals surface area contributed by atoms with E-state index in [0.29, 0.717) is 19.4 Å². The van der Waals surface area contributed by atoms with Crippen LogP contribution in [0.4, 0.5) is 0 Å². The van der Waals surface area contributed by atoms with Crippen LogP contribution < -0.4 is 16.0 Å². The molecule has 0 aromatic rings. The molecule has 2 aliphatic rings. The van der Waals surface area contributed by atoms with Crippen LogP contribution in [0.2, 0.25) is 0 Å². The molecule has 0 aliphatic carbocycles. The van der Waals surface area contributed by atoms with E-state index < -0.39 is 9.84 Å². The zero-order valence-electron chi connectivity index (χ0n) is 15.1. The number of guanidine groups is 1. The summed E-state index contributed by atoms with van der Waals surface area (Å²) in [5.74, 6) is 2.04. The van der Waals surface area contributed by atoms with E-state index in [9.17, 15) is 13.2 Å². The molecule has 9 heteroatoms. The molecule has 2 aliphatic heterocycles. The Morgan fingerprint density at radius 3 is 2.76 bits per heavy atom. The largest absolute Gasteiger partial charge is 0.357 e. The van der Waals surface area contributed by atoms with Gasteiger partial charge in [0.05, 0.1) is 18.1 Å². The van der Waals surface area contributed by atoms with Crippen LogP contribution in [0.1, 0.15) is 39.5 Å². The van der Waals surface area contributed by atoms with Gasteiger partial charge < -0.3 is 16.0 Å². The van der Waals surface area contributed by atoms with Crippen LogP contribution in [-0.2, 0) is 14.6 Å². The quantitative estimate of drug-likeness (QED) is 0.433. The Balaban J connectivity index is 1.72. The highest BCUT2D eigenvalue weighted by molar-refractivity contribution is 8.00. The SMILES string of the molecule is CCNC(=NCC1(C)CCCS1)NCCC(=O)NC1CCS(=O)(=O)C1. The number of amides is 1. The smallest absolute Gasteiger partial charge is 0.222 e. The number of nitrogens with one attached hydrogen (secondary N) is 3. The van der Waals surface area contributed by atoms with Gasteiger partial charge >= 0.3 is 0 Å². The second-order valence-corrected chi connectivity index (χ2v) is 10.9. The summed E-state index contributed by atoms with van der Waals surface area (Å²) < 4.78 is 23.0. The molecule has 7 nitrogen and oxygen atoms in total. The van der Waals surface area contributed by atoms with Gasteiger partial charge in [0, 0.05) is 30.3 Å². The summed E-state index contributed by atoms with van der Waals surface area (Å²) in [6, 6.07) is -0.237. The molecule has 3 N–H and O–H groups in total. The van der Waals surface area contributed by atoms with E-state index in [-0.39, 0.29) is 28.2 Å². The maximum atomic E-state index is 12.0. The Kier molecular flexibility index (Phi) is 7.42. The first-order valence-corrected chi connectivity index (χ1v) is 11.8. The normalized spacial score (nSPS) is 28.7. The molecule has 0 bridgehead atoms. The highest BCUT2D eigenvalue weighted by Crippen LogP contribution is 2.37. The monoisotopic (exact) mass is 390 g/mol. The van der Waals surface area contributed by atoms with Crippen LogP contribution >= 0.6 is 11.8 Å². The van der Waals surface area contributed by atoms with E-state index in [0.717, 1.165) is 19.0 Å².